The van der Waals surface area contributed by atoms with E-state index in [0.29, 0.717) is 6.04 Å². The van der Waals surface area contributed by atoms with Gasteiger partial charge in [0, 0.05) is 28.4 Å². The largest absolute Gasteiger partial charge is 0.380 e. The van der Waals surface area contributed by atoms with E-state index in [9.17, 15) is 0 Å². The second-order valence-electron chi connectivity index (χ2n) is 3.31. The molecule has 0 fully saturated rings. The lowest BCUT2D eigenvalue weighted by atomic mass is 10.2. The predicted molar refractivity (Wildman–Crippen MR) is 69.7 cm³/mol. The van der Waals surface area contributed by atoms with Crippen LogP contribution < -0.4 is 5.32 Å². The molecular formula is C11H18BrNOS. The van der Waals surface area contributed by atoms with Gasteiger partial charge < -0.3 is 10.1 Å². The van der Waals surface area contributed by atoms with Gasteiger partial charge in [0.1, 0.15) is 0 Å². The van der Waals surface area contributed by atoms with Gasteiger partial charge in [0.25, 0.3) is 0 Å². The Hall–Kier alpha value is 0.100. The van der Waals surface area contributed by atoms with E-state index in [-0.39, 0.29) is 0 Å². The minimum absolute atomic E-state index is 0.421. The maximum atomic E-state index is 5.46. The van der Waals surface area contributed by atoms with Gasteiger partial charge in [0.05, 0.1) is 6.61 Å². The van der Waals surface area contributed by atoms with Crippen molar-refractivity contribution in [2.24, 2.45) is 0 Å². The number of hydrogen-bond donors (Lipinski definition) is 1. The van der Waals surface area contributed by atoms with E-state index in [1.165, 1.54) is 9.35 Å². The van der Waals surface area contributed by atoms with Crippen molar-refractivity contribution in [1.82, 2.24) is 5.32 Å². The third kappa shape index (κ3) is 4.64. The molecule has 1 aromatic rings. The zero-order chi connectivity index (χ0) is 11.1. The van der Waals surface area contributed by atoms with Gasteiger partial charge in [-0.15, -0.1) is 11.3 Å². The Kier molecular flexibility index (Phi) is 6.48. The summed E-state index contributed by atoms with van der Waals surface area (Å²) in [6.07, 6.45) is 1.03. The molecule has 0 spiro atoms. The topological polar surface area (TPSA) is 21.3 Å². The summed E-state index contributed by atoms with van der Waals surface area (Å²) < 4.78 is 6.68. The van der Waals surface area contributed by atoms with Crippen LogP contribution in [-0.2, 0) is 11.2 Å². The maximum absolute atomic E-state index is 5.46. The van der Waals surface area contributed by atoms with Crippen LogP contribution in [0.3, 0.4) is 0 Å². The molecule has 0 bridgehead atoms. The molecule has 15 heavy (non-hydrogen) atoms. The summed E-state index contributed by atoms with van der Waals surface area (Å²) in [5.74, 6) is 0. The van der Waals surface area contributed by atoms with E-state index in [1.54, 1.807) is 11.3 Å². The van der Waals surface area contributed by atoms with Gasteiger partial charge >= 0.3 is 0 Å². The van der Waals surface area contributed by atoms with Gasteiger partial charge in [-0.3, -0.25) is 0 Å². The zero-order valence-corrected chi connectivity index (χ0v) is 11.7. The van der Waals surface area contributed by atoms with Crippen molar-refractivity contribution in [2.75, 3.05) is 19.8 Å². The van der Waals surface area contributed by atoms with E-state index >= 15 is 0 Å². The van der Waals surface area contributed by atoms with Crippen molar-refractivity contribution in [2.45, 2.75) is 26.3 Å². The molecule has 1 N–H and O–H groups in total. The quantitative estimate of drug-likeness (QED) is 0.834. The molecular weight excluding hydrogens is 274 g/mol. The van der Waals surface area contributed by atoms with Gasteiger partial charge in [-0.25, -0.2) is 0 Å². The Labute approximate surface area is 104 Å². The minimum Gasteiger partial charge on any atom is -0.380 e. The summed E-state index contributed by atoms with van der Waals surface area (Å²) >= 11 is 5.35. The van der Waals surface area contributed by atoms with Crippen LogP contribution in [0.2, 0.25) is 0 Å². The third-order valence-electron chi connectivity index (χ3n) is 2.14. The van der Waals surface area contributed by atoms with E-state index in [0.717, 1.165) is 26.2 Å². The molecule has 1 unspecified atom stereocenters. The summed E-state index contributed by atoms with van der Waals surface area (Å²) in [5.41, 5.74) is 0. The summed E-state index contributed by atoms with van der Waals surface area (Å²) in [5, 5.41) is 5.56. The molecule has 1 rings (SSSR count). The van der Waals surface area contributed by atoms with Crippen molar-refractivity contribution in [3.05, 3.63) is 20.8 Å². The molecule has 0 saturated carbocycles. The van der Waals surface area contributed by atoms with Crippen molar-refractivity contribution in [3.63, 3.8) is 0 Å². The minimum atomic E-state index is 0.421. The van der Waals surface area contributed by atoms with Gasteiger partial charge in [0.15, 0.2) is 0 Å². The average Bonchev–Trinajstić information content (AvgIpc) is 2.61. The SMILES string of the molecule is CCNC(COCC)Cc1sccc1Br. The molecule has 1 heterocycles. The normalized spacial score (nSPS) is 13.0. The lowest BCUT2D eigenvalue weighted by Crippen LogP contribution is -2.35. The second-order valence-corrected chi connectivity index (χ2v) is 5.16. The first-order valence-electron chi connectivity index (χ1n) is 5.30. The highest BCUT2D eigenvalue weighted by atomic mass is 79.9. The number of thiophene rings is 1. The van der Waals surface area contributed by atoms with Gasteiger partial charge in [-0.1, -0.05) is 6.92 Å². The molecule has 0 radical (unpaired) electrons. The number of rotatable bonds is 7. The molecule has 4 heteroatoms. The van der Waals surface area contributed by atoms with Crippen LogP contribution in [0.1, 0.15) is 18.7 Å². The number of nitrogens with one attached hydrogen (secondary N) is 1. The molecule has 0 aliphatic rings. The first-order valence-corrected chi connectivity index (χ1v) is 6.98. The molecule has 0 amide bonds. The summed E-state index contributed by atoms with van der Waals surface area (Å²) in [6, 6.07) is 2.52. The molecule has 86 valence electrons. The number of hydrogen-bond acceptors (Lipinski definition) is 3. The standard InChI is InChI=1S/C11H18BrNOS/c1-3-13-9(8-14-4-2)7-11-10(12)5-6-15-11/h5-6,9,13H,3-4,7-8H2,1-2H3. The van der Waals surface area contributed by atoms with Crippen molar-refractivity contribution in [1.29, 1.82) is 0 Å². The van der Waals surface area contributed by atoms with E-state index in [4.69, 9.17) is 4.74 Å². The van der Waals surface area contributed by atoms with Crippen molar-refractivity contribution >= 4 is 27.3 Å². The third-order valence-corrected chi connectivity index (χ3v) is 4.09. The first kappa shape index (κ1) is 13.2. The molecule has 0 aliphatic carbocycles. The molecule has 0 saturated heterocycles. The molecule has 1 atom stereocenters. The van der Waals surface area contributed by atoms with Crippen molar-refractivity contribution in [3.8, 4) is 0 Å². The van der Waals surface area contributed by atoms with Crippen LogP contribution in [0.15, 0.2) is 15.9 Å². The predicted octanol–water partition coefficient (Wildman–Crippen LogP) is 3.07. The fourth-order valence-electron chi connectivity index (χ4n) is 1.43. The highest BCUT2D eigenvalue weighted by molar-refractivity contribution is 9.10. The molecule has 1 aromatic heterocycles. The van der Waals surface area contributed by atoms with Crippen LogP contribution in [0, 0.1) is 0 Å². The molecule has 2 nitrogen and oxygen atoms in total. The van der Waals surface area contributed by atoms with Crippen LogP contribution in [0.5, 0.6) is 0 Å². The van der Waals surface area contributed by atoms with E-state index < -0.39 is 0 Å². The molecule has 0 aliphatic heterocycles. The van der Waals surface area contributed by atoms with Crippen LogP contribution in [0.4, 0.5) is 0 Å². The number of halogens is 1. The first-order chi connectivity index (χ1) is 7.27. The fraction of sp³-hybridized carbons (Fsp3) is 0.636. The number of likely N-dealkylation sites (N-methyl/N-ethyl adjacent to an activating group) is 1. The van der Waals surface area contributed by atoms with E-state index in [1.807, 2.05) is 6.92 Å². The number of ether oxygens (including phenoxy) is 1. The second kappa shape index (κ2) is 7.39. The van der Waals surface area contributed by atoms with Gasteiger partial charge in [-0.2, -0.15) is 0 Å². The van der Waals surface area contributed by atoms with Gasteiger partial charge in [-0.05, 0) is 40.8 Å². The van der Waals surface area contributed by atoms with Crippen LogP contribution >= 0.6 is 27.3 Å². The highest BCUT2D eigenvalue weighted by Gasteiger charge is 2.11. The summed E-state index contributed by atoms with van der Waals surface area (Å²) in [4.78, 5) is 1.39. The lowest BCUT2D eigenvalue weighted by Gasteiger charge is -2.17. The lowest BCUT2D eigenvalue weighted by molar-refractivity contribution is 0.123. The Morgan fingerprint density at radius 2 is 2.33 bits per heavy atom. The smallest absolute Gasteiger partial charge is 0.0623 e. The highest BCUT2D eigenvalue weighted by Crippen LogP contribution is 2.23. The maximum Gasteiger partial charge on any atom is 0.0623 e. The Morgan fingerprint density at radius 1 is 1.53 bits per heavy atom. The Balaban J connectivity index is 2.46. The Morgan fingerprint density at radius 3 is 2.87 bits per heavy atom. The zero-order valence-electron chi connectivity index (χ0n) is 9.25. The van der Waals surface area contributed by atoms with Crippen LogP contribution in [0.25, 0.3) is 0 Å². The molecule has 0 aromatic carbocycles. The monoisotopic (exact) mass is 291 g/mol. The average molecular weight is 292 g/mol. The van der Waals surface area contributed by atoms with Gasteiger partial charge in [0.2, 0.25) is 0 Å². The summed E-state index contributed by atoms with van der Waals surface area (Å²) in [7, 11) is 0. The summed E-state index contributed by atoms with van der Waals surface area (Å²) in [6.45, 7) is 6.72. The Bertz CT molecular complexity index is 277. The van der Waals surface area contributed by atoms with Crippen molar-refractivity contribution < 1.29 is 4.74 Å². The van der Waals surface area contributed by atoms with Crippen LogP contribution in [-0.4, -0.2) is 25.8 Å². The van der Waals surface area contributed by atoms with E-state index in [2.05, 4.69) is 39.6 Å². The fourth-order valence-corrected chi connectivity index (χ4v) is 3.03.